The normalized spacial score (nSPS) is 21.4. The largest absolute Gasteiger partial charge is 0.376 e. The Morgan fingerprint density at radius 3 is 2.81 bits per heavy atom. The lowest BCUT2D eigenvalue weighted by atomic mass is 10.2. The molecule has 0 bridgehead atoms. The van der Waals surface area contributed by atoms with Crippen LogP contribution in [0.25, 0.3) is 0 Å². The van der Waals surface area contributed by atoms with Gasteiger partial charge < -0.3 is 14.4 Å². The maximum atomic E-state index is 12.3. The number of hydrogen-bond acceptors (Lipinski definition) is 4. The van der Waals surface area contributed by atoms with Crippen molar-refractivity contribution in [3.8, 4) is 0 Å². The maximum Gasteiger partial charge on any atom is 0.249 e. The van der Waals surface area contributed by atoms with E-state index in [0.717, 1.165) is 37.9 Å². The summed E-state index contributed by atoms with van der Waals surface area (Å²) in [7, 11) is 0. The minimum absolute atomic E-state index is 0.0762. The monoisotopic (exact) mass is 290 g/mol. The van der Waals surface area contributed by atoms with Crippen LogP contribution in [-0.4, -0.2) is 47.8 Å². The van der Waals surface area contributed by atoms with E-state index >= 15 is 0 Å². The van der Waals surface area contributed by atoms with E-state index < -0.39 is 0 Å². The summed E-state index contributed by atoms with van der Waals surface area (Å²) in [6.07, 6.45) is 8.03. The summed E-state index contributed by atoms with van der Waals surface area (Å²) >= 11 is 0. The molecule has 1 aromatic heterocycles. The van der Waals surface area contributed by atoms with Crippen LogP contribution < -0.4 is 0 Å². The van der Waals surface area contributed by atoms with Crippen molar-refractivity contribution in [3.63, 3.8) is 0 Å². The van der Waals surface area contributed by atoms with Crippen LogP contribution in [0.3, 0.4) is 0 Å². The summed E-state index contributed by atoms with van der Waals surface area (Å²) in [5.41, 5.74) is 1.12. The van der Waals surface area contributed by atoms with Gasteiger partial charge in [0.05, 0.1) is 12.7 Å². The van der Waals surface area contributed by atoms with Crippen LogP contribution in [-0.2, 0) is 20.8 Å². The molecule has 0 spiro atoms. The highest BCUT2D eigenvalue weighted by Crippen LogP contribution is 2.28. The highest BCUT2D eigenvalue weighted by Gasteiger charge is 2.32. The first kappa shape index (κ1) is 14.5. The summed E-state index contributed by atoms with van der Waals surface area (Å²) in [6, 6.07) is 4.29. The molecule has 1 saturated heterocycles. The first-order valence-electron chi connectivity index (χ1n) is 7.70. The SMILES string of the molecule is O=C(COC[C@@H]1CCCO1)N(Cc1ccncc1)C1CC1. The molecule has 1 aliphatic carbocycles. The lowest BCUT2D eigenvalue weighted by Gasteiger charge is -2.23. The zero-order valence-electron chi connectivity index (χ0n) is 12.2. The first-order chi connectivity index (χ1) is 10.3. The van der Waals surface area contributed by atoms with Gasteiger partial charge in [-0.15, -0.1) is 0 Å². The Morgan fingerprint density at radius 1 is 1.33 bits per heavy atom. The second kappa shape index (κ2) is 7.00. The third kappa shape index (κ3) is 4.25. The topological polar surface area (TPSA) is 51.7 Å². The molecule has 1 saturated carbocycles. The molecule has 5 nitrogen and oxygen atoms in total. The van der Waals surface area contributed by atoms with Crippen molar-refractivity contribution in [2.75, 3.05) is 19.8 Å². The molecule has 2 fully saturated rings. The van der Waals surface area contributed by atoms with E-state index in [1.807, 2.05) is 17.0 Å². The maximum absolute atomic E-state index is 12.3. The van der Waals surface area contributed by atoms with Gasteiger partial charge in [-0.05, 0) is 43.4 Å². The number of amides is 1. The summed E-state index contributed by atoms with van der Waals surface area (Å²) in [5.74, 6) is 0.0762. The number of ether oxygens (including phenoxy) is 2. The lowest BCUT2D eigenvalue weighted by Crippen LogP contribution is -2.36. The third-order valence-electron chi connectivity index (χ3n) is 3.96. The molecular weight excluding hydrogens is 268 g/mol. The third-order valence-corrected chi connectivity index (χ3v) is 3.96. The summed E-state index contributed by atoms with van der Waals surface area (Å²) < 4.78 is 11.0. The minimum atomic E-state index is 0.0762. The Kier molecular flexibility index (Phi) is 4.83. The number of aromatic nitrogens is 1. The molecule has 2 aliphatic rings. The van der Waals surface area contributed by atoms with E-state index in [1.54, 1.807) is 12.4 Å². The van der Waals surface area contributed by atoms with Crippen molar-refractivity contribution in [1.82, 2.24) is 9.88 Å². The van der Waals surface area contributed by atoms with E-state index in [-0.39, 0.29) is 18.6 Å². The number of nitrogens with zero attached hydrogens (tertiary/aromatic N) is 2. The second-order valence-electron chi connectivity index (χ2n) is 5.76. The van der Waals surface area contributed by atoms with Gasteiger partial charge >= 0.3 is 0 Å². The average Bonchev–Trinajstić information content (AvgIpc) is 3.22. The van der Waals surface area contributed by atoms with Crippen LogP contribution in [0.15, 0.2) is 24.5 Å². The van der Waals surface area contributed by atoms with E-state index in [2.05, 4.69) is 4.98 Å². The van der Waals surface area contributed by atoms with E-state index in [0.29, 0.717) is 19.2 Å². The van der Waals surface area contributed by atoms with Crippen LogP contribution in [0, 0.1) is 0 Å². The number of pyridine rings is 1. The molecule has 0 unspecified atom stereocenters. The summed E-state index contributed by atoms with van der Waals surface area (Å²) in [4.78, 5) is 18.3. The van der Waals surface area contributed by atoms with Gasteiger partial charge in [0.2, 0.25) is 5.91 Å². The fourth-order valence-corrected chi connectivity index (χ4v) is 2.63. The number of carbonyl (C=O) groups excluding carboxylic acids is 1. The van der Waals surface area contributed by atoms with Gasteiger partial charge in [-0.3, -0.25) is 9.78 Å². The van der Waals surface area contributed by atoms with E-state index in [1.165, 1.54) is 0 Å². The Balaban J connectivity index is 1.47. The van der Waals surface area contributed by atoms with Gasteiger partial charge in [-0.25, -0.2) is 0 Å². The van der Waals surface area contributed by atoms with Gasteiger partial charge in [0.1, 0.15) is 6.61 Å². The first-order valence-corrected chi connectivity index (χ1v) is 7.70. The Labute approximate surface area is 125 Å². The fraction of sp³-hybridized carbons (Fsp3) is 0.625. The van der Waals surface area contributed by atoms with Gasteiger partial charge in [0.15, 0.2) is 0 Å². The van der Waals surface area contributed by atoms with Gasteiger partial charge in [0.25, 0.3) is 0 Å². The van der Waals surface area contributed by atoms with Gasteiger partial charge in [-0.2, -0.15) is 0 Å². The predicted octanol–water partition coefficient (Wildman–Crippen LogP) is 1.77. The highest BCUT2D eigenvalue weighted by molar-refractivity contribution is 5.78. The quantitative estimate of drug-likeness (QED) is 0.768. The molecule has 114 valence electrons. The number of hydrogen-bond donors (Lipinski definition) is 0. The minimum Gasteiger partial charge on any atom is -0.376 e. The fourth-order valence-electron chi connectivity index (χ4n) is 2.63. The zero-order chi connectivity index (χ0) is 14.5. The van der Waals surface area contributed by atoms with Crippen LogP contribution in [0.4, 0.5) is 0 Å². The predicted molar refractivity (Wildman–Crippen MR) is 77.6 cm³/mol. The van der Waals surface area contributed by atoms with Crippen molar-refractivity contribution >= 4 is 5.91 Å². The van der Waals surface area contributed by atoms with Gasteiger partial charge in [-0.1, -0.05) is 0 Å². The van der Waals surface area contributed by atoms with Crippen molar-refractivity contribution in [1.29, 1.82) is 0 Å². The lowest BCUT2D eigenvalue weighted by molar-refractivity contribution is -0.138. The molecule has 5 heteroatoms. The Hall–Kier alpha value is -1.46. The standard InChI is InChI=1S/C16H22N2O3/c19-16(12-20-11-15-2-1-9-21-15)18(14-3-4-14)10-13-5-7-17-8-6-13/h5-8,14-15H,1-4,9-12H2/t15-/m0/s1. The van der Waals surface area contributed by atoms with Crippen LogP contribution in [0.5, 0.6) is 0 Å². The number of carbonyl (C=O) groups is 1. The van der Waals surface area contributed by atoms with Crippen molar-refractivity contribution in [3.05, 3.63) is 30.1 Å². The molecule has 1 amide bonds. The second-order valence-corrected chi connectivity index (χ2v) is 5.76. The summed E-state index contributed by atoms with van der Waals surface area (Å²) in [6.45, 7) is 2.15. The average molecular weight is 290 g/mol. The zero-order valence-corrected chi connectivity index (χ0v) is 12.2. The molecule has 1 aromatic rings. The molecule has 1 atom stereocenters. The molecule has 0 aromatic carbocycles. The molecule has 3 rings (SSSR count). The van der Waals surface area contributed by atoms with E-state index in [9.17, 15) is 4.79 Å². The van der Waals surface area contributed by atoms with Gasteiger partial charge in [0, 0.05) is 31.6 Å². The van der Waals surface area contributed by atoms with Crippen LogP contribution in [0.1, 0.15) is 31.2 Å². The number of rotatable bonds is 7. The van der Waals surface area contributed by atoms with Crippen molar-refractivity contribution in [2.45, 2.75) is 44.4 Å². The van der Waals surface area contributed by atoms with Crippen LogP contribution >= 0.6 is 0 Å². The van der Waals surface area contributed by atoms with E-state index in [4.69, 9.17) is 9.47 Å². The smallest absolute Gasteiger partial charge is 0.249 e. The summed E-state index contributed by atoms with van der Waals surface area (Å²) in [5, 5.41) is 0. The van der Waals surface area contributed by atoms with Crippen molar-refractivity contribution in [2.24, 2.45) is 0 Å². The molecular formula is C16H22N2O3. The highest BCUT2D eigenvalue weighted by atomic mass is 16.5. The molecule has 0 N–H and O–H groups in total. The molecule has 0 radical (unpaired) electrons. The van der Waals surface area contributed by atoms with Crippen LogP contribution in [0.2, 0.25) is 0 Å². The molecule has 21 heavy (non-hydrogen) atoms. The Bertz CT molecular complexity index is 456. The molecule has 2 heterocycles. The Morgan fingerprint density at radius 2 is 2.14 bits per heavy atom. The van der Waals surface area contributed by atoms with Crippen molar-refractivity contribution < 1.29 is 14.3 Å². The molecule has 1 aliphatic heterocycles.